The number of nitrogens with zero attached hydrogens (tertiary/aromatic N) is 3. The van der Waals surface area contributed by atoms with Crippen LogP contribution in [0.15, 0.2) is 36.5 Å². The summed E-state index contributed by atoms with van der Waals surface area (Å²) in [5.41, 5.74) is 3.50. The maximum absolute atomic E-state index is 13.4. The molecule has 0 aliphatic heterocycles. The molecule has 3 rings (SSSR count). The van der Waals surface area contributed by atoms with Crippen LogP contribution in [0.4, 0.5) is 4.39 Å². The van der Waals surface area contributed by atoms with Gasteiger partial charge in [-0.3, -0.25) is 4.98 Å². The summed E-state index contributed by atoms with van der Waals surface area (Å²) in [6.07, 6.45) is 1.82. The highest BCUT2D eigenvalue weighted by molar-refractivity contribution is 6.16. The van der Waals surface area contributed by atoms with Crippen LogP contribution in [0, 0.1) is 12.7 Å². The Balaban J connectivity index is 2.08. The van der Waals surface area contributed by atoms with E-state index in [0.29, 0.717) is 6.54 Å². The second-order valence-corrected chi connectivity index (χ2v) is 4.96. The lowest BCUT2D eigenvalue weighted by atomic mass is 10.2. The normalized spacial score (nSPS) is 11.2. The van der Waals surface area contributed by atoms with E-state index in [-0.39, 0.29) is 11.7 Å². The first kappa shape index (κ1) is 13.1. The van der Waals surface area contributed by atoms with Gasteiger partial charge in [0.15, 0.2) is 0 Å². The van der Waals surface area contributed by atoms with Crippen molar-refractivity contribution < 1.29 is 4.39 Å². The molecule has 0 radical (unpaired) electrons. The fourth-order valence-electron chi connectivity index (χ4n) is 2.20. The largest absolute Gasteiger partial charge is 0.322 e. The lowest BCUT2D eigenvalue weighted by Crippen LogP contribution is -2.04. The number of aromatic nitrogens is 3. The van der Waals surface area contributed by atoms with Crippen molar-refractivity contribution in [2.75, 3.05) is 0 Å². The zero-order valence-electron chi connectivity index (χ0n) is 11.0. The molecule has 2 aromatic heterocycles. The summed E-state index contributed by atoms with van der Waals surface area (Å²) in [5, 5.41) is 0. The number of fused-ring (bicyclic) bond motifs is 1. The third-order valence-corrected chi connectivity index (χ3v) is 3.46. The van der Waals surface area contributed by atoms with E-state index in [0.717, 1.165) is 28.1 Å². The average molecular weight is 290 g/mol. The van der Waals surface area contributed by atoms with Crippen molar-refractivity contribution in [1.29, 1.82) is 0 Å². The van der Waals surface area contributed by atoms with Gasteiger partial charge in [-0.25, -0.2) is 9.37 Å². The molecule has 0 saturated heterocycles. The molecule has 0 aliphatic carbocycles. The van der Waals surface area contributed by atoms with Crippen molar-refractivity contribution in [3.05, 3.63) is 59.4 Å². The first-order valence-electron chi connectivity index (χ1n) is 6.29. The number of hydrogen-bond donors (Lipinski definition) is 0. The fourth-order valence-corrected chi connectivity index (χ4v) is 2.40. The molecule has 0 fully saturated rings. The van der Waals surface area contributed by atoms with E-state index in [1.807, 2.05) is 29.8 Å². The minimum Gasteiger partial charge on any atom is -0.322 e. The smallest absolute Gasteiger partial charge is 0.125 e. The molecule has 0 aliphatic rings. The highest BCUT2D eigenvalue weighted by atomic mass is 35.5. The van der Waals surface area contributed by atoms with Crippen molar-refractivity contribution in [3.63, 3.8) is 0 Å². The first-order chi connectivity index (χ1) is 9.67. The number of benzene rings is 1. The average Bonchev–Trinajstić information content (AvgIpc) is 2.79. The SMILES string of the molecule is Cc1ccc(Cn2c(CCl)nc3ccc(F)cc32)cn1. The standard InChI is InChI=1S/C15H13ClFN3/c1-10-2-3-11(8-18-10)9-20-14-6-12(17)4-5-13(14)19-15(20)7-16/h2-6,8H,7,9H2,1H3. The molecule has 0 atom stereocenters. The number of imidazole rings is 1. The monoisotopic (exact) mass is 289 g/mol. The van der Waals surface area contributed by atoms with Crippen LogP contribution in [0.5, 0.6) is 0 Å². The Morgan fingerprint density at radius 3 is 2.80 bits per heavy atom. The molecule has 3 nitrogen and oxygen atoms in total. The van der Waals surface area contributed by atoms with E-state index in [1.165, 1.54) is 12.1 Å². The van der Waals surface area contributed by atoms with E-state index in [2.05, 4.69) is 9.97 Å². The molecule has 0 spiro atoms. The summed E-state index contributed by atoms with van der Waals surface area (Å²) in [7, 11) is 0. The summed E-state index contributed by atoms with van der Waals surface area (Å²) >= 11 is 5.94. The van der Waals surface area contributed by atoms with Crippen LogP contribution in [0.25, 0.3) is 11.0 Å². The minimum absolute atomic E-state index is 0.276. The summed E-state index contributed by atoms with van der Waals surface area (Å²) in [6, 6.07) is 8.52. The lowest BCUT2D eigenvalue weighted by molar-refractivity contribution is 0.628. The Morgan fingerprint density at radius 1 is 1.25 bits per heavy atom. The third-order valence-electron chi connectivity index (χ3n) is 3.22. The van der Waals surface area contributed by atoms with E-state index in [9.17, 15) is 4.39 Å². The molecule has 102 valence electrons. The van der Waals surface area contributed by atoms with Gasteiger partial charge in [-0.15, -0.1) is 11.6 Å². The second-order valence-electron chi connectivity index (χ2n) is 4.69. The number of alkyl halides is 1. The van der Waals surface area contributed by atoms with Crippen LogP contribution >= 0.6 is 11.6 Å². The molecular formula is C15H13ClFN3. The Morgan fingerprint density at radius 2 is 2.10 bits per heavy atom. The lowest BCUT2D eigenvalue weighted by Gasteiger charge is -2.08. The molecule has 0 bridgehead atoms. The van der Waals surface area contributed by atoms with Gasteiger partial charge in [-0.2, -0.15) is 0 Å². The molecule has 0 N–H and O–H groups in total. The number of rotatable bonds is 3. The highest BCUT2D eigenvalue weighted by Crippen LogP contribution is 2.20. The number of hydrogen-bond acceptors (Lipinski definition) is 2. The Hall–Kier alpha value is -1.94. The van der Waals surface area contributed by atoms with Gasteiger partial charge in [-0.05, 0) is 36.8 Å². The first-order valence-corrected chi connectivity index (χ1v) is 6.83. The summed E-state index contributed by atoms with van der Waals surface area (Å²) in [5.74, 6) is 0.741. The van der Waals surface area contributed by atoms with Crippen LogP contribution in [0.2, 0.25) is 0 Å². The molecule has 3 aromatic rings. The topological polar surface area (TPSA) is 30.7 Å². The molecule has 20 heavy (non-hydrogen) atoms. The summed E-state index contributed by atoms with van der Waals surface area (Å²) in [6.45, 7) is 2.52. The van der Waals surface area contributed by atoms with Crippen LogP contribution in [0.3, 0.4) is 0 Å². The molecule has 0 amide bonds. The molecule has 0 unspecified atom stereocenters. The highest BCUT2D eigenvalue weighted by Gasteiger charge is 2.11. The van der Waals surface area contributed by atoms with Gasteiger partial charge in [-0.1, -0.05) is 6.07 Å². The molecule has 1 aromatic carbocycles. The van der Waals surface area contributed by atoms with Crippen LogP contribution in [0.1, 0.15) is 17.1 Å². The Kier molecular flexibility index (Phi) is 3.40. The van der Waals surface area contributed by atoms with Gasteiger partial charge in [0.2, 0.25) is 0 Å². The van der Waals surface area contributed by atoms with E-state index in [1.54, 1.807) is 6.07 Å². The predicted molar refractivity (Wildman–Crippen MR) is 77.3 cm³/mol. The van der Waals surface area contributed by atoms with E-state index < -0.39 is 0 Å². The van der Waals surface area contributed by atoms with Crippen molar-refractivity contribution in [3.8, 4) is 0 Å². The Bertz CT molecular complexity index is 750. The summed E-state index contributed by atoms with van der Waals surface area (Å²) < 4.78 is 15.4. The fraction of sp³-hybridized carbons (Fsp3) is 0.200. The van der Waals surface area contributed by atoms with Crippen LogP contribution in [-0.4, -0.2) is 14.5 Å². The molecular weight excluding hydrogens is 277 g/mol. The molecule has 2 heterocycles. The van der Waals surface area contributed by atoms with E-state index >= 15 is 0 Å². The van der Waals surface area contributed by atoms with E-state index in [4.69, 9.17) is 11.6 Å². The maximum Gasteiger partial charge on any atom is 0.125 e. The van der Waals surface area contributed by atoms with Crippen LogP contribution < -0.4 is 0 Å². The molecule has 5 heteroatoms. The zero-order valence-corrected chi connectivity index (χ0v) is 11.7. The zero-order chi connectivity index (χ0) is 14.1. The van der Waals surface area contributed by atoms with Gasteiger partial charge in [0.25, 0.3) is 0 Å². The van der Waals surface area contributed by atoms with Crippen LogP contribution in [-0.2, 0) is 12.4 Å². The number of halogens is 2. The quantitative estimate of drug-likeness (QED) is 0.689. The van der Waals surface area contributed by atoms with Gasteiger partial charge < -0.3 is 4.57 Å². The van der Waals surface area contributed by atoms with Crippen molar-refractivity contribution in [1.82, 2.24) is 14.5 Å². The van der Waals surface area contributed by atoms with Gasteiger partial charge in [0.05, 0.1) is 23.5 Å². The molecule has 0 saturated carbocycles. The summed E-state index contributed by atoms with van der Waals surface area (Å²) in [4.78, 5) is 8.70. The Labute approximate surface area is 121 Å². The van der Waals surface area contributed by atoms with Gasteiger partial charge >= 0.3 is 0 Å². The van der Waals surface area contributed by atoms with Gasteiger partial charge in [0.1, 0.15) is 11.6 Å². The third kappa shape index (κ3) is 2.39. The maximum atomic E-state index is 13.4. The second kappa shape index (κ2) is 5.21. The van der Waals surface area contributed by atoms with Crippen molar-refractivity contribution in [2.24, 2.45) is 0 Å². The number of aryl methyl sites for hydroxylation is 1. The van der Waals surface area contributed by atoms with Gasteiger partial charge in [0, 0.05) is 11.9 Å². The number of pyridine rings is 1. The van der Waals surface area contributed by atoms with Crippen molar-refractivity contribution in [2.45, 2.75) is 19.3 Å². The van der Waals surface area contributed by atoms with Crippen molar-refractivity contribution >= 4 is 22.6 Å². The predicted octanol–water partition coefficient (Wildman–Crippen LogP) is 3.67. The minimum atomic E-state index is -0.276.